The largest absolute Gasteiger partial charge is 0.393 e. The van der Waals surface area contributed by atoms with Crippen molar-refractivity contribution >= 4 is 5.78 Å². The maximum Gasteiger partial charge on any atom is 0.135 e. The minimum Gasteiger partial charge on any atom is -0.393 e. The molecule has 2 atom stereocenters. The monoisotopic (exact) mass is 158 g/mol. The van der Waals surface area contributed by atoms with Gasteiger partial charge in [0.25, 0.3) is 0 Å². The minimum absolute atomic E-state index is 0.0879. The molecule has 66 valence electrons. The maximum atomic E-state index is 11.1. The molecule has 0 amide bonds. The number of hydrogen-bond acceptors (Lipinski definition) is 2. The summed E-state index contributed by atoms with van der Waals surface area (Å²) in [5, 5.41) is 9.10. The van der Waals surface area contributed by atoms with Gasteiger partial charge in [-0.3, -0.25) is 4.79 Å². The number of carbonyl (C=O) groups excluding carboxylic acids is 1. The molecule has 0 saturated carbocycles. The molecule has 0 aromatic heterocycles. The zero-order valence-electron chi connectivity index (χ0n) is 7.79. The van der Waals surface area contributed by atoms with Crippen molar-refractivity contribution in [1.82, 2.24) is 0 Å². The van der Waals surface area contributed by atoms with E-state index in [0.29, 0.717) is 6.42 Å². The van der Waals surface area contributed by atoms with Gasteiger partial charge in [0.15, 0.2) is 0 Å². The Morgan fingerprint density at radius 3 is 2.00 bits per heavy atom. The average Bonchev–Trinajstić information content (AvgIpc) is 1.87. The van der Waals surface area contributed by atoms with E-state index in [0.717, 1.165) is 0 Å². The van der Waals surface area contributed by atoms with E-state index in [1.165, 1.54) is 0 Å². The number of aliphatic hydroxyl groups is 1. The molecule has 2 heteroatoms. The lowest BCUT2D eigenvalue weighted by Gasteiger charge is -2.14. The normalized spacial score (nSPS) is 16.5. The van der Waals surface area contributed by atoms with Crippen LogP contribution in [0.4, 0.5) is 0 Å². The van der Waals surface area contributed by atoms with Crippen molar-refractivity contribution in [2.24, 2.45) is 11.8 Å². The Balaban J connectivity index is 3.76. The second-order valence-electron chi connectivity index (χ2n) is 3.54. The lowest BCUT2D eigenvalue weighted by atomic mass is 9.94. The van der Waals surface area contributed by atoms with Crippen LogP contribution in [0, 0.1) is 11.8 Å². The molecule has 0 rings (SSSR count). The molecule has 0 aliphatic carbocycles. The van der Waals surface area contributed by atoms with Gasteiger partial charge >= 0.3 is 0 Å². The SMILES string of the molecule is CC(C)C(=O)CC(C)C(C)O. The summed E-state index contributed by atoms with van der Waals surface area (Å²) in [4.78, 5) is 11.1. The van der Waals surface area contributed by atoms with Gasteiger partial charge in [0, 0.05) is 12.3 Å². The van der Waals surface area contributed by atoms with Gasteiger partial charge in [0.05, 0.1) is 6.10 Å². The third-order valence-corrected chi connectivity index (χ3v) is 1.99. The highest BCUT2D eigenvalue weighted by Gasteiger charge is 2.15. The quantitative estimate of drug-likeness (QED) is 0.675. The van der Waals surface area contributed by atoms with E-state index in [1.807, 2.05) is 20.8 Å². The molecule has 0 radical (unpaired) electrons. The van der Waals surface area contributed by atoms with Crippen molar-refractivity contribution in [2.45, 2.75) is 40.2 Å². The fourth-order valence-electron chi connectivity index (χ4n) is 0.724. The first-order chi connectivity index (χ1) is 4.95. The number of Topliss-reactive ketones (excluding diaryl/α,β-unsaturated/α-hetero) is 1. The molecule has 0 heterocycles. The van der Waals surface area contributed by atoms with Crippen molar-refractivity contribution in [3.63, 3.8) is 0 Å². The van der Waals surface area contributed by atoms with Gasteiger partial charge in [-0.05, 0) is 12.8 Å². The van der Waals surface area contributed by atoms with Gasteiger partial charge in [0.1, 0.15) is 5.78 Å². The molecule has 0 spiro atoms. The van der Waals surface area contributed by atoms with E-state index in [1.54, 1.807) is 6.92 Å². The van der Waals surface area contributed by atoms with Crippen molar-refractivity contribution in [1.29, 1.82) is 0 Å². The first-order valence-corrected chi connectivity index (χ1v) is 4.16. The zero-order valence-corrected chi connectivity index (χ0v) is 7.79. The van der Waals surface area contributed by atoms with Crippen LogP contribution in [0.1, 0.15) is 34.1 Å². The number of aliphatic hydroxyl groups excluding tert-OH is 1. The molecule has 0 saturated heterocycles. The molecule has 0 fully saturated rings. The molecule has 0 aromatic carbocycles. The van der Waals surface area contributed by atoms with Crippen LogP contribution in [0.2, 0.25) is 0 Å². The van der Waals surface area contributed by atoms with Crippen molar-refractivity contribution in [2.75, 3.05) is 0 Å². The summed E-state index contributed by atoms with van der Waals surface area (Å²) >= 11 is 0. The van der Waals surface area contributed by atoms with Gasteiger partial charge in [-0.25, -0.2) is 0 Å². The van der Waals surface area contributed by atoms with Gasteiger partial charge in [-0.15, -0.1) is 0 Å². The summed E-state index contributed by atoms with van der Waals surface area (Å²) in [5.74, 6) is 0.416. The van der Waals surface area contributed by atoms with Crippen LogP contribution in [-0.4, -0.2) is 17.0 Å². The lowest BCUT2D eigenvalue weighted by Crippen LogP contribution is -2.19. The number of hydrogen-bond donors (Lipinski definition) is 1. The number of ketones is 1. The van der Waals surface area contributed by atoms with E-state index in [2.05, 4.69) is 0 Å². The Labute approximate surface area is 68.6 Å². The highest BCUT2D eigenvalue weighted by Crippen LogP contribution is 2.11. The molecule has 0 aliphatic rings. The highest BCUT2D eigenvalue weighted by atomic mass is 16.3. The Hall–Kier alpha value is -0.370. The van der Waals surface area contributed by atoms with Crippen LogP contribution in [0.15, 0.2) is 0 Å². The molecule has 2 unspecified atom stereocenters. The van der Waals surface area contributed by atoms with Crippen molar-refractivity contribution in [3.05, 3.63) is 0 Å². The Bertz CT molecular complexity index is 128. The predicted octanol–water partition coefficient (Wildman–Crippen LogP) is 1.62. The van der Waals surface area contributed by atoms with Crippen LogP contribution >= 0.6 is 0 Å². The molecule has 0 bridgehead atoms. The second-order valence-corrected chi connectivity index (χ2v) is 3.54. The molecular weight excluding hydrogens is 140 g/mol. The average molecular weight is 158 g/mol. The van der Waals surface area contributed by atoms with Crippen LogP contribution in [0.5, 0.6) is 0 Å². The summed E-state index contributed by atoms with van der Waals surface area (Å²) in [7, 11) is 0. The molecule has 0 aromatic rings. The molecule has 2 nitrogen and oxygen atoms in total. The topological polar surface area (TPSA) is 37.3 Å². The summed E-state index contributed by atoms with van der Waals surface area (Å²) < 4.78 is 0. The Morgan fingerprint density at radius 1 is 1.27 bits per heavy atom. The van der Waals surface area contributed by atoms with E-state index in [9.17, 15) is 4.79 Å². The fourth-order valence-corrected chi connectivity index (χ4v) is 0.724. The summed E-state index contributed by atoms with van der Waals surface area (Å²) in [6.45, 7) is 7.39. The fraction of sp³-hybridized carbons (Fsp3) is 0.889. The van der Waals surface area contributed by atoms with E-state index < -0.39 is 0 Å². The van der Waals surface area contributed by atoms with Crippen LogP contribution in [0.25, 0.3) is 0 Å². The maximum absolute atomic E-state index is 11.1. The van der Waals surface area contributed by atoms with Gasteiger partial charge in [-0.1, -0.05) is 20.8 Å². The Morgan fingerprint density at radius 2 is 1.73 bits per heavy atom. The second kappa shape index (κ2) is 4.50. The first-order valence-electron chi connectivity index (χ1n) is 4.16. The van der Waals surface area contributed by atoms with Crippen molar-refractivity contribution in [3.8, 4) is 0 Å². The van der Waals surface area contributed by atoms with Gasteiger partial charge in [-0.2, -0.15) is 0 Å². The molecule has 0 aliphatic heterocycles. The molecule has 11 heavy (non-hydrogen) atoms. The van der Waals surface area contributed by atoms with Gasteiger partial charge in [0.2, 0.25) is 0 Å². The van der Waals surface area contributed by atoms with E-state index >= 15 is 0 Å². The van der Waals surface area contributed by atoms with Gasteiger partial charge < -0.3 is 5.11 Å². The third kappa shape index (κ3) is 4.14. The van der Waals surface area contributed by atoms with Crippen LogP contribution in [0.3, 0.4) is 0 Å². The lowest BCUT2D eigenvalue weighted by molar-refractivity contribution is -0.123. The first kappa shape index (κ1) is 10.6. The summed E-state index contributed by atoms with van der Waals surface area (Å²) in [5.41, 5.74) is 0. The van der Waals surface area contributed by atoms with Crippen LogP contribution in [-0.2, 0) is 4.79 Å². The highest BCUT2D eigenvalue weighted by molar-refractivity contribution is 5.80. The smallest absolute Gasteiger partial charge is 0.135 e. The zero-order chi connectivity index (χ0) is 9.02. The third-order valence-electron chi connectivity index (χ3n) is 1.99. The van der Waals surface area contributed by atoms with E-state index in [-0.39, 0.29) is 23.7 Å². The standard InChI is InChI=1S/C9H18O2/c1-6(2)9(11)5-7(3)8(4)10/h6-8,10H,5H2,1-4H3. The minimum atomic E-state index is -0.377. The Kier molecular flexibility index (Phi) is 4.34. The number of rotatable bonds is 4. The molecular formula is C9H18O2. The summed E-state index contributed by atoms with van der Waals surface area (Å²) in [6, 6.07) is 0. The van der Waals surface area contributed by atoms with Crippen LogP contribution < -0.4 is 0 Å². The predicted molar refractivity (Wildman–Crippen MR) is 45.3 cm³/mol. The summed E-state index contributed by atoms with van der Waals surface area (Å²) in [6.07, 6.45) is 0.118. The van der Waals surface area contributed by atoms with Crippen molar-refractivity contribution < 1.29 is 9.90 Å². The molecule has 1 N–H and O–H groups in total. The van der Waals surface area contributed by atoms with E-state index in [4.69, 9.17) is 5.11 Å². The number of carbonyl (C=O) groups is 1.